The van der Waals surface area contributed by atoms with Crippen molar-refractivity contribution in [3.05, 3.63) is 92.7 Å². The van der Waals surface area contributed by atoms with Gasteiger partial charge in [0.1, 0.15) is 0 Å². The van der Waals surface area contributed by atoms with E-state index in [4.69, 9.17) is 0 Å². The van der Waals surface area contributed by atoms with E-state index in [1.165, 1.54) is 65.6 Å². The van der Waals surface area contributed by atoms with Crippen molar-refractivity contribution in [2.24, 2.45) is 0 Å². The minimum absolute atomic E-state index is 0. The summed E-state index contributed by atoms with van der Waals surface area (Å²) < 4.78 is 1.47. The van der Waals surface area contributed by atoms with Gasteiger partial charge in [0, 0.05) is 0 Å². The smallest absolute Gasteiger partial charge is 1.00 e. The molecule has 0 nitrogen and oxygen atoms in total. The molecule has 117 valence electrons. The Hall–Kier alpha value is -1.10. The molecule has 0 spiro atoms. The molecule has 0 atom stereocenters. The first kappa shape index (κ1) is 19.2. The van der Waals surface area contributed by atoms with Crippen molar-refractivity contribution in [3.63, 3.8) is 0 Å². The third-order valence-electron chi connectivity index (χ3n) is 4.33. The zero-order chi connectivity index (χ0) is 15.1. The summed E-state index contributed by atoms with van der Waals surface area (Å²) >= 11 is 1.48. The van der Waals surface area contributed by atoms with Crippen molar-refractivity contribution in [1.82, 2.24) is 0 Å². The first-order valence-electron chi connectivity index (χ1n) is 7.57. The minimum atomic E-state index is 0. The van der Waals surface area contributed by atoms with Crippen LogP contribution in [0.2, 0.25) is 0 Å². The van der Waals surface area contributed by atoms with Crippen LogP contribution in [-0.4, -0.2) is 0 Å². The van der Waals surface area contributed by atoms with Crippen LogP contribution in [0.25, 0.3) is 14.6 Å². The van der Waals surface area contributed by atoms with Gasteiger partial charge in [-0.1, -0.05) is 0 Å². The fourth-order valence-electron chi connectivity index (χ4n) is 3.40. The van der Waals surface area contributed by atoms with Crippen molar-refractivity contribution in [2.45, 2.75) is 13.3 Å². The molecule has 0 radical (unpaired) electrons. The largest absolute Gasteiger partial charge is 1.00 e. The first-order chi connectivity index (χ1) is 10.8. The van der Waals surface area contributed by atoms with Crippen molar-refractivity contribution in [2.75, 3.05) is 0 Å². The molecule has 0 saturated carbocycles. The molecule has 0 aliphatic heterocycles. The zero-order valence-corrected chi connectivity index (χ0v) is 17.2. The maximum absolute atomic E-state index is 3.43. The van der Waals surface area contributed by atoms with Crippen LogP contribution in [0.5, 0.6) is 0 Å². The topological polar surface area (TPSA) is 0 Å². The number of hydrogen-bond acceptors (Lipinski definition) is 0. The van der Waals surface area contributed by atoms with E-state index in [1.54, 1.807) is 0 Å². The number of rotatable bonds is 1. The molecule has 0 amide bonds. The van der Waals surface area contributed by atoms with Crippen LogP contribution in [0.15, 0.2) is 60.7 Å². The Labute approximate surface area is 169 Å². The summed E-state index contributed by atoms with van der Waals surface area (Å²) in [6.45, 7) is 2.04. The maximum atomic E-state index is 3.43. The van der Waals surface area contributed by atoms with Crippen molar-refractivity contribution in [3.8, 4) is 0 Å². The predicted molar refractivity (Wildman–Crippen MR) is 87.7 cm³/mol. The van der Waals surface area contributed by atoms with Crippen LogP contribution in [0, 0.1) is 10.4 Å². The molecule has 0 saturated heterocycles. The van der Waals surface area contributed by atoms with Gasteiger partial charge < -0.3 is 24.8 Å². The van der Waals surface area contributed by atoms with Crippen LogP contribution in [-0.2, 0) is 24.7 Å². The minimum Gasteiger partial charge on any atom is -1.00 e. The van der Waals surface area contributed by atoms with Gasteiger partial charge in [-0.3, -0.25) is 0 Å². The number of halogens is 2. The van der Waals surface area contributed by atoms with Crippen LogP contribution < -0.4 is 35.3 Å². The number of benzene rings is 2. The molecule has 2 aromatic carbocycles. The quantitative estimate of drug-likeness (QED) is 0.463. The Kier molecular flexibility index (Phi) is 6.29. The Balaban J connectivity index is 0.00000104. The summed E-state index contributed by atoms with van der Waals surface area (Å²) in [4.78, 5) is 0. The van der Waals surface area contributed by atoms with Gasteiger partial charge in [-0.2, -0.15) is 0 Å². The monoisotopic (exact) mass is 427 g/mol. The van der Waals surface area contributed by atoms with Gasteiger partial charge >= 0.3 is 145 Å². The first-order valence-corrected chi connectivity index (χ1v) is 8.80. The molecule has 2 aliphatic rings. The predicted octanol–water partition coefficient (Wildman–Crippen LogP) is -2.70. The summed E-state index contributed by atoms with van der Waals surface area (Å²) in [6, 6.07) is 13.3. The molecule has 0 aromatic heterocycles. The second-order valence-electron chi connectivity index (χ2n) is 5.59. The van der Waals surface area contributed by atoms with E-state index in [2.05, 4.69) is 60.4 Å². The van der Waals surface area contributed by atoms with Crippen molar-refractivity contribution in [1.29, 1.82) is 0 Å². The molecule has 24 heavy (non-hydrogen) atoms. The summed E-state index contributed by atoms with van der Waals surface area (Å²) in [5.41, 5.74) is 7.65. The fourth-order valence-corrected chi connectivity index (χ4v) is 4.57. The molecule has 0 N–H and O–H groups in total. The zero-order valence-electron chi connectivity index (χ0n) is 13.2. The van der Waals surface area contributed by atoms with E-state index in [1.807, 2.05) is 13.0 Å². The third-order valence-corrected chi connectivity index (χ3v) is 5.61. The van der Waals surface area contributed by atoms with Gasteiger partial charge in [0.15, 0.2) is 0 Å². The molecule has 4 rings (SSSR count). The number of fused-ring (bicyclic) bond motifs is 2. The van der Waals surface area contributed by atoms with E-state index < -0.39 is 0 Å². The van der Waals surface area contributed by atoms with Crippen LogP contribution in [0.1, 0.15) is 24.5 Å². The van der Waals surface area contributed by atoms with Crippen LogP contribution in [0.3, 0.4) is 0 Å². The molecule has 2 aliphatic carbocycles. The fraction of sp³-hybridized carbons (Fsp3) is 0.0952. The molecule has 0 unspecified atom stereocenters. The summed E-state index contributed by atoms with van der Waals surface area (Å²) in [6.07, 6.45) is 9.69. The number of allylic oxidation sites excluding steroid dienone is 5. The number of hydrogen-bond donors (Lipinski definition) is 0. The van der Waals surface area contributed by atoms with Crippen molar-refractivity contribution < 1.29 is 49.5 Å². The van der Waals surface area contributed by atoms with E-state index in [9.17, 15) is 0 Å². The van der Waals surface area contributed by atoms with Gasteiger partial charge in [0.2, 0.25) is 0 Å². The van der Waals surface area contributed by atoms with Crippen LogP contribution >= 0.6 is 0 Å². The molecule has 0 bridgehead atoms. The summed E-state index contributed by atoms with van der Waals surface area (Å²) in [7, 11) is 0. The second-order valence-corrected chi connectivity index (χ2v) is 6.82. The molecule has 2 aromatic rings. The molecule has 3 heteroatoms. The van der Waals surface area contributed by atoms with E-state index in [0.717, 1.165) is 6.42 Å². The average molecular weight is 429 g/mol. The van der Waals surface area contributed by atoms with Gasteiger partial charge in [-0.15, -0.1) is 0 Å². The summed E-state index contributed by atoms with van der Waals surface area (Å²) in [5, 5.41) is 5.38. The Morgan fingerprint density at radius 1 is 0.958 bits per heavy atom. The van der Waals surface area contributed by atoms with E-state index in [0.29, 0.717) is 0 Å². The second kappa shape index (κ2) is 7.86. The summed E-state index contributed by atoms with van der Waals surface area (Å²) in [5.74, 6) is 0. The maximum Gasteiger partial charge on any atom is -1.00 e. The normalized spacial score (nSPS) is 13.3. The Morgan fingerprint density at radius 3 is 2.38 bits per heavy atom. The standard InChI is InChI=1S/C21H15.2ClH.Zr/c1-2-7-15-12-13-19-18-11-6-5-10-17(18)14-20(19)21(15)16-8-3-4-9-16;;;/h2-6,8,10-13H,9H2,1H3;2*1H;/q;;;+2/p-2. The van der Waals surface area contributed by atoms with Crippen molar-refractivity contribution >= 4 is 14.6 Å². The SMILES string of the molecule is CC=C=c1ccc2c(c1C1=CC=CC1)[C]([Zr+2])=c1ccccc1=2.[Cl-].[Cl-]. The Morgan fingerprint density at radius 2 is 1.71 bits per heavy atom. The molecular weight excluding hydrogens is 414 g/mol. The van der Waals surface area contributed by atoms with Crippen LogP contribution in [0.4, 0.5) is 0 Å². The van der Waals surface area contributed by atoms with Gasteiger partial charge in [0.05, 0.1) is 0 Å². The molecular formula is C21H15Cl2Zr. The van der Waals surface area contributed by atoms with E-state index in [-0.39, 0.29) is 24.8 Å². The van der Waals surface area contributed by atoms with E-state index >= 15 is 0 Å². The van der Waals surface area contributed by atoms with Gasteiger partial charge in [-0.05, 0) is 0 Å². The molecule has 0 fully saturated rings. The molecule has 0 heterocycles. The van der Waals surface area contributed by atoms with Gasteiger partial charge in [-0.25, -0.2) is 0 Å². The third kappa shape index (κ3) is 2.96. The average Bonchev–Trinajstić information content (AvgIpc) is 3.16. The Bertz CT molecular complexity index is 1100. The van der Waals surface area contributed by atoms with Gasteiger partial charge in [0.25, 0.3) is 0 Å².